The van der Waals surface area contributed by atoms with Gasteiger partial charge in [-0.2, -0.15) is 4.39 Å². The molecule has 0 saturated carbocycles. The molecular weight excluding hydrogens is 207 g/mol. The average molecular weight is 210 g/mol. The van der Waals surface area contributed by atoms with Crippen LogP contribution in [0, 0.1) is 5.95 Å². The molecule has 0 aliphatic carbocycles. The molecule has 1 aromatic heterocycles. The van der Waals surface area contributed by atoms with E-state index in [9.17, 15) is 18.0 Å². The maximum absolute atomic E-state index is 12.4. The third kappa shape index (κ3) is 2.18. The van der Waals surface area contributed by atoms with Gasteiger partial charge in [-0.1, -0.05) is 0 Å². The monoisotopic (exact) mass is 209 g/mol. The zero-order chi connectivity index (χ0) is 10.0. The summed E-state index contributed by atoms with van der Waals surface area (Å²) in [5, 5.41) is -1.08. The summed E-state index contributed by atoms with van der Waals surface area (Å²) in [5.41, 5.74) is -1.22. The van der Waals surface area contributed by atoms with E-state index in [1.54, 1.807) is 0 Å². The van der Waals surface area contributed by atoms with E-state index in [4.69, 9.17) is 11.6 Å². The number of rotatable bonds is 2. The summed E-state index contributed by atoms with van der Waals surface area (Å²) in [6.07, 6.45) is -2.26. The van der Waals surface area contributed by atoms with E-state index in [0.717, 1.165) is 0 Å². The van der Waals surface area contributed by atoms with E-state index in [-0.39, 0.29) is 0 Å². The Bertz CT molecular complexity index is 343. The maximum atomic E-state index is 12.4. The molecule has 1 heterocycles. The van der Waals surface area contributed by atoms with Crippen molar-refractivity contribution < 1.29 is 18.0 Å². The number of hydrogen-bond acceptors (Lipinski definition) is 2. The fourth-order valence-electron chi connectivity index (χ4n) is 0.789. The minimum absolute atomic E-state index is 0.474. The van der Waals surface area contributed by atoms with Gasteiger partial charge in [-0.15, -0.1) is 0 Å². The first-order valence-electron chi connectivity index (χ1n) is 3.16. The van der Waals surface area contributed by atoms with Crippen molar-refractivity contribution in [2.45, 2.75) is 6.43 Å². The van der Waals surface area contributed by atoms with Gasteiger partial charge < -0.3 is 0 Å². The molecule has 0 radical (unpaired) electrons. The number of alkyl halides is 2. The number of halogens is 4. The minimum Gasteiger partial charge on any atom is -0.276 e. The van der Waals surface area contributed by atoms with Crippen molar-refractivity contribution in [3.8, 4) is 0 Å². The molecule has 0 saturated heterocycles. The van der Waals surface area contributed by atoms with Gasteiger partial charge in [0, 0.05) is 17.8 Å². The van der Waals surface area contributed by atoms with Crippen LogP contribution < -0.4 is 0 Å². The van der Waals surface area contributed by atoms with Gasteiger partial charge in [0.15, 0.2) is 0 Å². The third-order valence-corrected chi connectivity index (χ3v) is 1.55. The van der Waals surface area contributed by atoms with Crippen molar-refractivity contribution in [3.05, 3.63) is 29.3 Å². The van der Waals surface area contributed by atoms with E-state index < -0.39 is 28.7 Å². The standard InChI is InChI=1S/C7H3ClF3NO/c8-6(13)4-2-12-5(9)1-3(4)7(10)11/h1-2,7H. The quantitative estimate of drug-likeness (QED) is 0.553. The van der Waals surface area contributed by atoms with E-state index in [1.165, 1.54) is 0 Å². The van der Waals surface area contributed by atoms with Crippen LogP contribution in [0.3, 0.4) is 0 Å². The second-order valence-electron chi connectivity index (χ2n) is 2.17. The highest BCUT2D eigenvalue weighted by molar-refractivity contribution is 6.67. The molecular formula is C7H3ClF3NO. The number of carbonyl (C=O) groups excluding carboxylic acids is 1. The summed E-state index contributed by atoms with van der Waals surface area (Å²) < 4.78 is 36.7. The third-order valence-electron chi connectivity index (χ3n) is 1.35. The predicted octanol–water partition coefficient (Wildman–Crippen LogP) is 2.54. The molecule has 0 aromatic carbocycles. The van der Waals surface area contributed by atoms with Crippen molar-refractivity contribution in [1.29, 1.82) is 0 Å². The molecule has 0 aliphatic rings. The van der Waals surface area contributed by atoms with Crippen molar-refractivity contribution in [1.82, 2.24) is 4.98 Å². The Morgan fingerprint density at radius 1 is 1.54 bits per heavy atom. The molecule has 6 heteroatoms. The summed E-state index contributed by atoms with van der Waals surface area (Å²) in [7, 11) is 0. The predicted molar refractivity (Wildman–Crippen MR) is 39.3 cm³/mol. The molecule has 70 valence electrons. The van der Waals surface area contributed by atoms with Crippen molar-refractivity contribution in [3.63, 3.8) is 0 Å². The highest BCUT2D eigenvalue weighted by atomic mass is 35.5. The first-order valence-corrected chi connectivity index (χ1v) is 3.53. The summed E-state index contributed by atoms with van der Waals surface area (Å²) in [5.74, 6) is -1.07. The Balaban J connectivity index is 3.26. The first kappa shape index (κ1) is 9.98. The second kappa shape index (κ2) is 3.74. The number of aromatic nitrogens is 1. The lowest BCUT2D eigenvalue weighted by Crippen LogP contribution is -2.00. The van der Waals surface area contributed by atoms with Crippen molar-refractivity contribution in [2.24, 2.45) is 0 Å². The molecule has 0 atom stereocenters. The topological polar surface area (TPSA) is 30.0 Å². The molecule has 1 aromatic rings. The Morgan fingerprint density at radius 3 is 2.62 bits per heavy atom. The van der Waals surface area contributed by atoms with Crippen LogP contribution in [0.25, 0.3) is 0 Å². The van der Waals surface area contributed by atoms with Gasteiger partial charge in [-0.3, -0.25) is 4.79 Å². The normalized spacial score (nSPS) is 10.5. The highest BCUT2D eigenvalue weighted by Crippen LogP contribution is 2.23. The summed E-state index contributed by atoms with van der Waals surface area (Å²) in [6.45, 7) is 0. The van der Waals surface area contributed by atoms with Crippen LogP contribution in [0.2, 0.25) is 0 Å². The largest absolute Gasteiger partial charge is 0.276 e. The highest BCUT2D eigenvalue weighted by Gasteiger charge is 2.18. The minimum atomic E-state index is -2.95. The molecule has 0 fully saturated rings. The Hall–Kier alpha value is -1.10. The van der Waals surface area contributed by atoms with Gasteiger partial charge in [0.2, 0.25) is 5.95 Å². The summed E-state index contributed by atoms with van der Waals surface area (Å²) in [4.78, 5) is 13.6. The summed E-state index contributed by atoms with van der Waals surface area (Å²) >= 11 is 4.97. The SMILES string of the molecule is O=C(Cl)c1cnc(F)cc1C(F)F. The van der Waals surface area contributed by atoms with Gasteiger partial charge in [-0.25, -0.2) is 13.8 Å². The number of pyridine rings is 1. The van der Waals surface area contributed by atoms with Crippen molar-refractivity contribution >= 4 is 16.8 Å². The Morgan fingerprint density at radius 2 is 2.15 bits per heavy atom. The number of carbonyl (C=O) groups is 1. The zero-order valence-electron chi connectivity index (χ0n) is 6.10. The number of nitrogens with zero attached hydrogens (tertiary/aromatic N) is 1. The van der Waals surface area contributed by atoms with Crippen LogP contribution >= 0.6 is 11.6 Å². The van der Waals surface area contributed by atoms with E-state index in [0.29, 0.717) is 12.3 Å². The zero-order valence-corrected chi connectivity index (χ0v) is 6.86. The van der Waals surface area contributed by atoms with Crippen LogP contribution in [-0.2, 0) is 0 Å². The molecule has 0 unspecified atom stereocenters. The first-order chi connectivity index (χ1) is 6.02. The molecule has 2 nitrogen and oxygen atoms in total. The van der Waals surface area contributed by atoms with E-state index in [1.807, 2.05) is 0 Å². The fourth-order valence-corrected chi connectivity index (χ4v) is 0.947. The van der Waals surface area contributed by atoms with Crippen LogP contribution in [0.5, 0.6) is 0 Å². The van der Waals surface area contributed by atoms with Gasteiger partial charge in [0.05, 0.1) is 5.56 Å². The number of hydrogen-bond donors (Lipinski definition) is 0. The smallest absolute Gasteiger partial charge is 0.264 e. The van der Waals surface area contributed by atoms with E-state index >= 15 is 0 Å². The van der Waals surface area contributed by atoms with Gasteiger partial charge in [0.1, 0.15) is 0 Å². The molecule has 0 bridgehead atoms. The summed E-state index contributed by atoms with van der Waals surface area (Å²) in [6, 6.07) is 0.486. The molecule has 0 aliphatic heterocycles. The van der Waals surface area contributed by atoms with Gasteiger partial charge >= 0.3 is 0 Å². The lowest BCUT2D eigenvalue weighted by atomic mass is 10.1. The van der Waals surface area contributed by atoms with Crippen LogP contribution in [0.4, 0.5) is 13.2 Å². The van der Waals surface area contributed by atoms with Crippen LogP contribution in [0.15, 0.2) is 12.3 Å². The molecule has 0 N–H and O–H groups in total. The lowest BCUT2D eigenvalue weighted by molar-refractivity contribution is 0.106. The Labute approximate surface area is 76.3 Å². The molecule has 0 spiro atoms. The van der Waals surface area contributed by atoms with Gasteiger partial charge in [-0.05, 0) is 11.6 Å². The Kier molecular flexibility index (Phi) is 2.87. The maximum Gasteiger partial charge on any atom is 0.264 e. The van der Waals surface area contributed by atoms with E-state index in [2.05, 4.69) is 4.98 Å². The average Bonchev–Trinajstić information content (AvgIpc) is 2.03. The molecule has 13 heavy (non-hydrogen) atoms. The van der Waals surface area contributed by atoms with Gasteiger partial charge in [0.25, 0.3) is 11.7 Å². The van der Waals surface area contributed by atoms with Crippen molar-refractivity contribution in [2.75, 3.05) is 0 Å². The molecule has 0 amide bonds. The lowest BCUT2D eigenvalue weighted by Gasteiger charge is -2.03. The molecule has 1 rings (SSSR count). The second-order valence-corrected chi connectivity index (χ2v) is 2.51. The van der Waals surface area contributed by atoms with Crippen LogP contribution in [-0.4, -0.2) is 10.2 Å². The van der Waals surface area contributed by atoms with Crippen LogP contribution in [0.1, 0.15) is 22.3 Å². The fraction of sp³-hybridized carbons (Fsp3) is 0.143.